The molecule has 0 radical (unpaired) electrons. The minimum absolute atomic E-state index is 0.0135. The molecule has 0 aliphatic heterocycles. The van der Waals surface area contributed by atoms with Crippen molar-refractivity contribution < 1.29 is 27.4 Å². The maximum absolute atomic E-state index is 11.8. The highest BCUT2D eigenvalue weighted by atomic mass is 35.5. The van der Waals surface area contributed by atoms with Crippen molar-refractivity contribution in [3.8, 4) is 11.5 Å². The molecule has 0 amide bonds. The zero-order valence-corrected chi connectivity index (χ0v) is 11.1. The minimum Gasteiger partial charge on any atom is -0.493 e. The van der Waals surface area contributed by atoms with Gasteiger partial charge in [-0.3, -0.25) is 0 Å². The van der Waals surface area contributed by atoms with Crippen LogP contribution in [0.2, 0.25) is 0 Å². The zero-order chi connectivity index (χ0) is 14.3. The van der Waals surface area contributed by atoms with Gasteiger partial charge in [0.25, 0.3) is 0 Å². The molecule has 0 bridgehead atoms. The van der Waals surface area contributed by atoms with Gasteiger partial charge in [0.1, 0.15) is 13.2 Å². The number of hydrogen-bond acceptors (Lipinski definition) is 3. The first-order valence-electron chi connectivity index (χ1n) is 5.47. The van der Waals surface area contributed by atoms with Crippen LogP contribution in [-0.4, -0.2) is 33.1 Å². The molecular weight excluding hydrogens is 285 g/mol. The van der Waals surface area contributed by atoms with Gasteiger partial charge in [-0.05, 0) is 6.07 Å². The molecule has 0 heterocycles. The van der Waals surface area contributed by atoms with Gasteiger partial charge in [0, 0.05) is 5.56 Å². The summed E-state index contributed by atoms with van der Waals surface area (Å²) >= 11 is 5.75. The van der Waals surface area contributed by atoms with Gasteiger partial charge in [0.2, 0.25) is 0 Å². The van der Waals surface area contributed by atoms with E-state index in [0.29, 0.717) is 17.1 Å². The van der Waals surface area contributed by atoms with Gasteiger partial charge in [-0.25, -0.2) is 0 Å². The van der Waals surface area contributed by atoms with Gasteiger partial charge in [-0.1, -0.05) is 12.1 Å². The third-order valence-electron chi connectivity index (χ3n) is 2.16. The van der Waals surface area contributed by atoms with E-state index in [9.17, 15) is 13.2 Å². The normalized spacial score (nSPS) is 11.4. The molecule has 1 aromatic rings. The molecule has 0 fully saturated rings. The average Bonchev–Trinajstić information content (AvgIpc) is 2.36. The maximum Gasteiger partial charge on any atom is 0.411 e. The Morgan fingerprint density at radius 2 is 1.95 bits per heavy atom. The quantitative estimate of drug-likeness (QED) is 0.570. The van der Waals surface area contributed by atoms with Crippen LogP contribution in [0.3, 0.4) is 0 Å². The molecule has 0 saturated carbocycles. The molecule has 0 aromatic heterocycles. The molecule has 1 aromatic carbocycles. The second kappa shape index (κ2) is 7.45. The molecule has 0 spiro atoms. The molecule has 19 heavy (non-hydrogen) atoms. The Morgan fingerprint density at radius 1 is 1.21 bits per heavy atom. The van der Waals surface area contributed by atoms with Gasteiger partial charge >= 0.3 is 6.18 Å². The highest BCUT2D eigenvalue weighted by molar-refractivity contribution is 6.17. The molecule has 0 unspecified atom stereocenters. The Morgan fingerprint density at radius 3 is 2.53 bits per heavy atom. The van der Waals surface area contributed by atoms with Crippen LogP contribution in [-0.2, 0) is 10.6 Å². The van der Waals surface area contributed by atoms with Crippen molar-refractivity contribution in [2.75, 3.05) is 26.9 Å². The fraction of sp³-hybridized carbons (Fsp3) is 0.500. The van der Waals surface area contributed by atoms with Crippen LogP contribution >= 0.6 is 11.6 Å². The summed E-state index contributed by atoms with van der Waals surface area (Å²) in [5, 5.41) is 0. The maximum atomic E-state index is 11.8. The molecule has 0 aliphatic carbocycles. The van der Waals surface area contributed by atoms with E-state index >= 15 is 0 Å². The van der Waals surface area contributed by atoms with Gasteiger partial charge < -0.3 is 14.2 Å². The van der Waals surface area contributed by atoms with Crippen LogP contribution in [0, 0.1) is 0 Å². The van der Waals surface area contributed by atoms with Crippen LogP contribution < -0.4 is 9.47 Å². The van der Waals surface area contributed by atoms with Crippen molar-refractivity contribution in [3.05, 3.63) is 23.8 Å². The van der Waals surface area contributed by atoms with E-state index in [-0.39, 0.29) is 19.1 Å². The lowest BCUT2D eigenvalue weighted by Crippen LogP contribution is -2.19. The summed E-state index contributed by atoms with van der Waals surface area (Å²) in [6.45, 7) is -1.47. The Labute approximate surface area is 114 Å². The zero-order valence-electron chi connectivity index (χ0n) is 10.3. The average molecular weight is 299 g/mol. The number of methoxy groups -OCH3 is 1. The van der Waals surface area contributed by atoms with E-state index < -0.39 is 12.8 Å². The number of hydrogen-bond donors (Lipinski definition) is 0. The summed E-state index contributed by atoms with van der Waals surface area (Å²) in [5.41, 5.74) is 0.705. The van der Waals surface area contributed by atoms with Crippen molar-refractivity contribution >= 4 is 11.6 Å². The van der Waals surface area contributed by atoms with Crippen molar-refractivity contribution in [1.29, 1.82) is 0 Å². The fourth-order valence-electron chi connectivity index (χ4n) is 1.38. The summed E-state index contributed by atoms with van der Waals surface area (Å²) < 4.78 is 50.4. The first kappa shape index (κ1) is 15.9. The summed E-state index contributed by atoms with van der Waals surface area (Å²) in [6, 6.07) is 5.19. The first-order valence-corrected chi connectivity index (χ1v) is 6.00. The molecule has 3 nitrogen and oxygen atoms in total. The summed E-state index contributed by atoms with van der Waals surface area (Å²) in [6.07, 6.45) is -4.33. The molecule has 0 N–H and O–H groups in total. The van der Waals surface area contributed by atoms with Crippen molar-refractivity contribution in [3.63, 3.8) is 0 Å². The SMILES string of the molecule is COc1cccc(CCl)c1OCCOCC(F)(F)F. The second-order valence-electron chi connectivity index (χ2n) is 3.60. The van der Waals surface area contributed by atoms with E-state index in [1.165, 1.54) is 7.11 Å². The molecule has 108 valence electrons. The van der Waals surface area contributed by atoms with Gasteiger partial charge in [0.05, 0.1) is 19.6 Å². The third-order valence-corrected chi connectivity index (χ3v) is 2.45. The smallest absolute Gasteiger partial charge is 0.411 e. The molecular formula is C12H14ClF3O3. The topological polar surface area (TPSA) is 27.7 Å². The lowest BCUT2D eigenvalue weighted by Gasteiger charge is -2.14. The van der Waals surface area contributed by atoms with Crippen LogP contribution in [0.15, 0.2) is 18.2 Å². The van der Waals surface area contributed by atoms with E-state index in [1.54, 1.807) is 18.2 Å². The lowest BCUT2D eigenvalue weighted by molar-refractivity contribution is -0.175. The van der Waals surface area contributed by atoms with Gasteiger partial charge in [-0.15, -0.1) is 11.6 Å². The molecule has 0 saturated heterocycles. The minimum atomic E-state index is -4.33. The Hall–Kier alpha value is -1.14. The van der Waals surface area contributed by atoms with E-state index in [4.69, 9.17) is 21.1 Å². The largest absolute Gasteiger partial charge is 0.493 e. The molecule has 1 rings (SSSR count). The van der Waals surface area contributed by atoms with Crippen molar-refractivity contribution in [1.82, 2.24) is 0 Å². The summed E-state index contributed by atoms with van der Waals surface area (Å²) in [5.74, 6) is 1.13. The predicted octanol–water partition coefficient (Wildman–Crippen LogP) is 3.39. The fourth-order valence-corrected chi connectivity index (χ4v) is 1.59. The van der Waals surface area contributed by atoms with Crippen LogP contribution in [0.25, 0.3) is 0 Å². The van der Waals surface area contributed by atoms with Crippen LogP contribution in [0.1, 0.15) is 5.56 Å². The number of halogens is 4. The van der Waals surface area contributed by atoms with Gasteiger partial charge in [-0.2, -0.15) is 13.2 Å². The third kappa shape index (κ3) is 5.57. The Bertz CT molecular complexity index is 374. The monoisotopic (exact) mass is 298 g/mol. The summed E-state index contributed by atoms with van der Waals surface area (Å²) in [4.78, 5) is 0. The highest BCUT2D eigenvalue weighted by Gasteiger charge is 2.27. The number of para-hydroxylation sites is 1. The summed E-state index contributed by atoms with van der Waals surface area (Å²) in [7, 11) is 1.47. The van der Waals surface area contributed by atoms with E-state index in [0.717, 1.165) is 0 Å². The Kier molecular flexibility index (Phi) is 6.24. The first-order chi connectivity index (χ1) is 8.98. The number of benzene rings is 1. The number of alkyl halides is 4. The van der Waals surface area contributed by atoms with Crippen LogP contribution in [0.4, 0.5) is 13.2 Å². The predicted molar refractivity (Wildman–Crippen MR) is 64.9 cm³/mol. The second-order valence-corrected chi connectivity index (χ2v) is 3.87. The molecule has 0 atom stereocenters. The molecule has 7 heteroatoms. The van der Waals surface area contributed by atoms with Crippen molar-refractivity contribution in [2.24, 2.45) is 0 Å². The van der Waals surface area contributed by atoms with Gasteiger partial charge in [0.15, 0.2) is 11.5 Å². The number of rotatable bonds is 7. The number of ether oxygens (including phenoxy) is 3. The van der Waals surface area contributed by atoms with Crippen LogP contribution in [0.5, 0.6) is 11.5 Å². The highest BCUT2D eigenvalue weighted by Crippen LogP contribution is 2.31. The standard InChI is InChI=1S/C12H14ClF3O3/c1-17-10-4-2-3-9(7-13)11(10)19-6-5-18-8-12(14,15)16/h2-4H,5-8H2,1H3. The van der Waals surface area contributed by atoms with E-state index in [1.807, 2.05) is 0 Å². The Balaban J connectivity index is 2.48. The van der Waals surface area contributed by atoms with E-state index in [2.05, 4.69) is 4.74 Å². The molecule has 0 aliphatic rings. The van der Waals surface area contributed by atoms with Crippen molar-refractivity contribution in [2.45, 2.75) is 12.1 Å². The lowest BCUT2D eigenvalue weighted by atomic mass is 10.2.